The fourth-order valence-electron chi connectivity index (χ4n) is 4.65. The lowest BCUT2D eigenvalue weighted by atomic mass is 9.87. The van der Waals surface area contributed by atoms with Crippen molar-refractivity contribution in [2.75, 3.05) is 6.54 Å². The average molecular weight is 500 g/mol. The molecule has 0 bridgehead atoms. The van der Waals surface area contributed by atoms with Gasteiger partial charge in [-0.2, -0.15) is 0 Å². The SMILES string of the molecule is CC(C)(C)OC(=O)N1CCC[C@H]2CC[C@@H](CCCC[C@H](CC(=O)O)O[Si](C)(C)C(C)(C)C)O[C@H]21. The predicted molar refractivity (Wildman–Crippen MR) is 136 cm³/mol. The second-order valence-electron chi connectivity index (χ2n) is 12.7. The molecule has 0 spiro atoms. The van der Waals surface area contributed by atoms with Gasteiger partial charge in [-0.1, -0.05) is 33.6 Å². The highest BCUT2D eigenvalue weighted by Gasteiger charge is 2.42. The zero-order valence-corrected chi connectivity index (χ0v) is 23.8. The zero-order valence-electron chi connectivity index (χ0n) is 22.8. The standard InChI is InChI=1S/C26H49NO6Si/c1-25(2,3)32-24(30)27-17-11-12-19-15-16-20(31-23(19)27)13-9-10-14-21(18-22(28)29)33-34(7,8)26(4,5)6/h19-21,23H,9-18H2,1-8H3,(H,28,29)/t19-,20+,21+,23+/m0/s1. The van der Waals surface area contributed by atoms with E-state index in [4.69, 9.17) is 13.9 Å². The van der Waals surface area contributed by atoms with Crippen LogP contribution in [0, 0.1) is 5.92 Å². The first-order valence-corrected chi connectivity index (χ1v) is 16.0. The summed E-state index contributed by atoms with van der Waals surface area (Å²) >= 11 is 0. The van der Waals surface area contributed by atoms with Gasteiger partial charge in [0.05, 0.1) is 18.6 Å². The van der Waals surface area contributed by atoms with E-state index < -0.39 is 19.9 Å². The van der Waals surface area contributed by atoms with E-state index in [9.17, 15) is 14.7 Å². The number of fused-ring (bicyclic) bond motifs is 1. The van der Waals surface area contributed by atoms with Crippen LogP contribution in [-0.2, 0) is 18.7 Å². The van der Waals surface area contributed by atoms with Crippen LogP contribution >= 0.6 is 0 Å². The molecular formula is C26H49NO6Si. The highest BCUT2D eigenvalue weighted by molar-refractivity contribution is 6.74. The van der Waals surface area contributed by atoms with E-state index in [1.54, 1.807) is 4.90 Å². The first-order chi connectivity index (χ1) is 15.6. The molecule has 1 N–H and O–H groups in total. The molecular weight excluding hydrogens is 450 g/mol. The summed E-state index contributed by atoms with van der Waals surface area (Å²) in [5, 5.41) is 9.42. The number of carboxylic acids is 1. The van der Waals surface area contributed by atoms with Crippen molar-refractivity contribution in [2.24, 2.45) is 5.92 Å². The summed E-state index contributed by atoms with van der Waals surface area (Å²) < 4.78 is 18.5. The van der Waals surface area contributed by atoms with E-state index in [-0.39, 0.29) is 36.0 Å². The normalized spacial score (nSPS) is 24.9. The number of nitrogens with zero attached hydrogens (tertiary/aromatic N) is 1. The minimum atomic E-state index is -2.02. The Balaban J connectivity index is 1.86. The van der Waals surface area contributed by atoms with Crippen molar-refractivity contribution >= 4 is 20.4 Å². The van der Waals surface area contributed by atoms with Crippen LogP contribution < -0.4 is 0 Å². The fraction of sp³-hybridized carbons (Fsp3) is 0.923. The summed E-state index contributed by atoms with van der Waals surface area (Å²) in [5.41, 5.74) is -0.517. The van der Waals surface area contributed by atoms with E-state index in [2.05, 4.69) is 33.9 Å². The summed E-state index contributed by atoms with van der Waals surface area (Å²) in [5.74, 6) is -0.416. The van der Waals surface area contributed by atoms with Crippen molar-refractivity contribution in [3.05, 3.63) is 0 Å². The number of aliphatic carboxylic acids is 1. The van der Waals surface area contributed by atoms with Crippen molar-refractivity contribution in [1.29, 1.82) is 0 Å². The van der Waals surface area contributed by atoms with Crippen molar-refractivity contribution in [1.82, 2.24) is 4.90 Å². The first kappa shape index (κ1) is 29.1. The Hall–Kier alpha value is -1.12. The molecule has 2 saturated heterocycles. The van der Waals surface area contributed by atoms with Crippen molar-refractivity contribution < 1.29 is 28.6 Å². The van der Waals surface area contributed by atoms with Gasteiger partial charge in [0.15, 0.2) is 8.32 Å². The van der Waals surface area contributed by atoms with Gasteiger partial charge < -0.3 is 19.0 Å². The molecule has 1 amide bonds. The number of hydrogen-bond donors (Lipinski definition) is 1. The van der Waals surface area contributed by atoms with E-state index in [1.807, 2.05) is 20.8 Å². The number of rotatable bonds is 9. The minimum absolute atomic E-state index is 0.0518. The molecule has 2 aliphatic heterocycles. The summed E-state index contributed by atoms with van der Waals surface area (Å²) in [4.78, 5) is 25.9. The van der Waals surface area contributed by atoms with E-state index >= 15 is 0 Å². The zero-order chi connectivity index (χ0) is 25.7. The van der Waals surface area contributed by atoms with Crippen LogP contribution in [-0.4, -0.2) is 61.0 Å². The molecule has 198 valence electrons. The minimum Gasteiger partial charge on any atom is -0.481 e. The van der Waals surface area contributed by atoms with E-state index in [0.717, 1.165) is 51.4 Å². The second-order valence-corrected chi connectivity index (χ2v) is 17.4. The van der Waals surface area contributed by atoms with E-state index in [1.165, 1.54) is 0 Å². The molecule has 2 rings (SSSR count). The number of likely N-dealkylation sites (tertiary alicyclic amines) is 1. The lowest BCUT2D eigenvalue weighted by molar-refractivity contribution is -0.169. The molecule has 0 aliphatic carbocycles. The predicted octanol–water partition coefficient (Wildman–Crippen LogP) is 6.56. The van der Waals surface area contributed by atoms with E-state index in [0.29, 0.717) is 12.5 Å². The van der Waals surface area contributed by atoms with Gasteiger partial charge in [0.2, 0.25) is 0 Å². The molecule has 0 aromatic carbocycles. The smallest absolute Gasteiger partial charge is 0.412 e. The third kappa shape index (κ3) is 8.83. The van der Waals surface area contributed by atoms with Gasteiger partial charge in [-0.25, -0.2) is 4.79 Å². The number of carbonyl (C=O) groups is 2. The maximum Gasteiger partial charge on any atom is 0.412 e. The molecule has 0 aromatic heterocycles. The van der Waals surface area contributed by atoms with Crippen LogP contribution in [0.25, 0.3) is 0 Å². The number of piperidine rings is 1. The van der Waals surface area contributed by atoms with Crippen LogP contribution in [0.1, 0.15) is 99.3 Å². The summed E-state index contributed by atoms with van der Waals surface area (Å²) in [6.45, 7) is 17.2. The van der Waals surface area contributed by atoms with Crippen LogP contribution in [0.3, 0.4) is 0 Å². The fourth-order valence-corrected chi connectivity index (χ4v) is 6.04. The Kier molecular flexibility index (Phi) is 10.1. The molecule has 2 fully saturated rings. The maximum absolute atomic E-state index is 12.7. The van der Waals surface area contributed by atoms with Gasteiger partial charge in [-0.05, 0) is 77.4 Å². The molecule has 0 unspecified atom stereocenters. The van der Waals surface area contributed by atoms with Gasteiger partial charge in [-0.15, -0.1) is 0 Å². The number of amides is 1. The highest BCUT2D eigenvalue weighted by atomic mass is 28.4. The number of unbranched alkanes of at least 4 members (excludes halogenated alkanes) is 1. The topological polar surface area (TPSA) is 85.3 Å². The average Bonchev–Trinajstić information content (AvgIpc) is 2.67. The van der Waals surface area contributed by atoms with Gasteiger partial charge >= 0.3 is 12.1 Å². The lowest BCUT2D eigenvalue weighted by Crippen LogP contribution is -2.54. The molecule has 4 atom stereocenters. The number of carbonyl (C=O) groups excluding carboxylic acids is 1. The molecule has 7 nitrogen and oxygen atoms in total. The Morgan fingerprint density at radius 3 is 2.35 bits per heavy atom. The molecule has 0 saturated carbocycles. The van der Waals surface area contributed by atoms with Gasteiger partial charge in [0.25, 0.3) is 0 Å². The number of hydrogen-bond acceptors (Lipinski definition) is 5. The Morgan fingerprint density at radius 2 is 1.76 bits per heavy atom. The van der Waals surface area contributed by atoms with Crippen LogP contribution in [0.4, 0.5) is 4.79 Å². The molecule has 34 heavy (non-hydrogen) atoms. The van der Waals surface area contributed by atoms with Gasteiger partial charge in [-0.3, -0.25) is 9.69 Å². The molecule has 0 aromatic rings. The Bertz CT molecular complexity index is 684. The summed E-state index contributed by atoms with van der Waals surface area (Å²) in [6.07, 6.45) is 7.21. The molecule has 2 heterocycles. The van der Waals surface area contributed by atoms with Crippen molar-refractivity contribution in [3.63, 3.8) is 0 Å². The third-order valence-corrected chi connectivity index (χ3v) is 12.0. The Labute approximate surface area is 208 Å². The maximum atomic E-state index is 12.7. The monoisotopic (exact) mass is 499 g/mol. The highest BCUT2D eigenvalue weighted by Crippen LogP contribution is 2.39. The van der Waals surface area contributed by atoms with Gasteiger partial charge in [0.1, 0.15) is 11.8 Å². The van der Waals surface area contributed by atoms with Crippen LogP contribution in [0.5, 0.6) is 0 Å². The summed E-state index contributed by atoms with van der Waals surface area (Å²) in [7, 11) is -2.02. The molecule has 0 radical (unpaired) electrons. The Morgan fingerprint density at radius 1 is 1.09 bits per heavy atom. The quantitative estimate of drug-likeness (QED) is 0.285. The van der Waals surface area contributed by atoms with Crippen molar-refractivity contribution in [3.8, 4) is 0 Å². The molecule has 2 aliphatic rings. The molecule has 8 heteroatoms. The van der Waals surface area contributed by atoms with Crippen molar-refractivity contribution in [2.45, 2.75) is 141 Å². The summed E-state index contributed by atoms with van der Waals surface area (Å²) in [6, 6.07) is 0. The first-order valence-electron chi connectivity index (χ1n) is 13.1. The second kappa shape index (κ2) is 11.7. The third-order valence-electron chi connectivity index (χ3n) is 7.48. The van der Waals surface area contributed by atoms with Gasteiger partial charge in [0, 0.05) is 12.5 Å². The van der Waals surface area contributed by atoms with Crippen LogP contribution in [0.15, 0.2) is 0 Å². The van der Waals surface area contributed by atoms with Crippen LogP contribution in [0.2, 0.25) is 18.1 Å². The number of ether oxygens (including phenoxy) is 2. The largest absolute Gasteiger partial charge is 0.481 e. The number of carboxylic acid groups (broad SMARTS) is 1. The lowest BCUT2D eigenvalue weighted by Gasteiger charge is -2.46.